The fourth-order valence-corrected chi connectivity index (χ4v) is 1.61. The molecule has 1 aromatic rings. The number of carbonyl (C=O) groups excluding carboxylic acids is 3. The first kappa shape index (κ1) is 10.2. The monoisotopic (exact) mass is 218 g/mol. The average molecular weight is 218 g/mol. The molecular formula is C10H8N3O3. The van der Waals surface area contributed by atoms with Gasteiger partial charge in [-0.1, -0.05) is 30.3 Å². The van der Waals surface area contributed by atoms with E-state index in [-0.39, 0.29) is 0 Å². The highest BCUT2D eigenvalue weighted by atomic mass is 16.2. The number of imide groups is 1. The molecule has 1 atom stereocenters. The molecule has 0 aromatic heterocycles. The molecule has 1 aromatic carbocycles. The number of primary amides is 1. The third kappa shape index (κ3) is 1.23. The fourth-order valence-electron chi connectivity index (χ4n) is 1.61. The van der Waals surface area contributed by atoms with Gasteiger partial charge in [-0.25, -0.2) is 4.79 Å². The van der Waals surface area contributed by atoms with Crippen molar-refractivity contribution in [3.8, 4) is 0 Å². The molecule has 0 saturated carbocycles. The van der Waals surface area contributed by atoms with E-state index in [1.165, 1.54) is 12.1 Å². The summed E-state index contributed by atoms with van der Waals surface area (Å²) in [6.45, 7) is 0. The van der Waals surface area contributed by atoms with Crippen molar-refractivity contribution < 1.29 is 14.4 Å². The second-order valence-corrected chi connectivity index (χ2v) is 3.33. The highest BCUT2D eigenvalue weighted by Crippen LogP contribution is 2.24. The smallest absolute Gasteiger partial charge is 0.345 e. The Hall–Kier alpha value is -2.37. The average Bonchev–Trinajstić information content (AvgIpc) is 2.56. The summed E-state index contributed by atoms with van der Waals surface area (Å²) in [5.74, 6) is -1.82. The number of benzene rings is 1. The van der Waals surface area contributed by atoms with Crippen LogP contribution in [0.1, 0.15) is 5.56 Å². The van der Waals surface area contributed by atoms with Crippen LogP contribution in [0.25, 0.3) is 0 Å². The van der Waals surface area contributed by atoms with Crippen LogP contribution in [0.3, 0.4) is 0 Å². The zero-order valence-corrected chi connectivity index (χ0v) is 8.14. The minimum Gasteiger partial charge on any atom is -0.367 e. The third-order valence-electron chi connectivity index (χ3n) is 2.39. The lowest BCUT2D eigenvalue weighted by Crippen LogP contribution is -2.54. The van der Waals surface area contributed by atoms with E-state index in [0.717, 1.165) is 0 Å². The highest BCUT2D eigenvalue weighted by Gasteiger charge is 2.54. The number of hydrogen-bond acceptors (Lipinski definition) is 3. The van der Waals surface area contributed by atoms with Crippen LogP contribution < -0.4 is 16.4 Å². The normalized spacial score (nSPS) is 23.8. The summed E-state index contributed by atoms with van der Waals surface area (Å²) in [7, 11) is 0. The molecule has 16 heavy (non-hydrogen) atoms. The van der Waals surface area contributed by atoms with Gasteiger partial charge in [0.05, 0.1) is 0 Å². The van der Waals surface area contributed by atoms with Gasteiger partial charge >= 0.3 is 6.03 Å². The molecule has 1 aliphatic heterocycles. The molecule has 0 bridgehead atoms. The minimum absolute atomic E-state index is 0.308. The highest BCUT2D eigenvalue weighted by molar-refractivity contribution is 6.19. The van der Waals surface area contributed by atoms with Crippen molar-refractivity contribution in [2.24, 2.45) is 5.73 Å². The summed E-state index contributed by atoms with van der Waals surface area (Å²) < 4.78 is 0. The van der Waals surface area contributed by atoms with Gasteiger partial charge in [0.25, 0.3) is 11.8 Å². The molecule has 6 heteroatoms. The quantitative estimate of drug-likeness (QED) is 0.502. The molecule has 3 N–H and O–H groups in total. The van der Waals surface area contributed by atoms with Crippen LogP contribution in [0.2, 0.25) is 0 Å². The second kappa shape index (κ2) is 3.34. The number of nitrogens with one attached hydrogen (secondary N) is 1. The minimum atomic E-state index is -1.85. The Morgan fingerprint density at radius 1 is 1.25 bits per heavy atom. The molecule has 1 fully saturated rings. The first-order chi connectivity index (χ1) is 7.57. The maximum atomic E-state index is 11.6. The summed E-state index contributed by atoms with van der Waals surface area (Å²) >= 11 is 0. The van der Waals surface area contributed by atoms with E-state index < -0.39 is 23.4 Å². The molecule has 81 valence electrons. The van der Waals surface area contributed by atoms with Gasteiger partial charge in [-0.05, 0) is 5.56 Å². The number of hydrogen-bond donors (Lipinski definition) is 2. The summed E-state index contributed by atoms with van der Waals surface area (Å²) in [6.07, 6.45) is 0. The summed E-state index contributed by atoms with van der Waals surface area (Å²) in [5, 5.41) is 5.35. The topological polar surface area (TPSA) is 103 Å². The van der Waals surface area contributed by atoms with Crippen molar-refractivity contribution in [2.75, 3.05) is 0 Å². The predicted molar refractivity (Wildman–Crippen MR) is 53.0 cm³/mol. The lowest BCUT2D eigenvalue weighted by atomic mass is 9.89. The van der Waals surface area contributed by atoms with Crippen LogP contribution in [0.4, 0.5) is 4.79 Å². The van der Waals surface area contributed by atoms with Gasteiger partial charge in [0.1, 0.15) is 0 Å². The molecule has 1 aliphatic rings. The van der Waals surface area contributed by atoms with E-state index in [1.807, 2.05) is 0 Å². The zero-order chi connectivity index (χ0) is 11.8. The maximum absolute atomic E-state index is 11.6. The van der Waals surface area contributed by atoms with E-state index in [9.17, 15) is 14.4 Å². The SMILES string of the molecule is NC(=O)[C@]1(c2ccccc2)NC(=O)[N]C1=O. The Labute approximate surface area is 90.8 Å². The van der Waals surface area contributed by atoms with Gasteiger partial charge in [-0.15, -0.1) is 0 Å². The Morgan fingerprint density at radius 2 is 1.88 bits per heavy atom. The Balaban J connectivity index is 2.58. The standard InChI is InChI=1S/C10H8N3O3/c11-7(14)10(6-4-2-1-3-5-6)8(15)12-9(16)13-10/h1-5H,(H2,11,14)(H,13,16)/t10-/m0/s1. The van der Waals surface area contributed by atoms with E-state index >= 15 is 0 Å². The first-order valence-corrected chi connectivity index (χ1v) is 4.51. The lowest BCUT2D eigenvalue weighted by molar-refractivity contribution is -0.134. The van der Waals surface area contributed by atoms with Crippen LogP contribution >= 0.6 is 0 Å². The van der Waals surface area contributed by atoms with Crippen LogP contribution in [-0.2, 0) is 15.1 Å². The van der Waals surface area contributed by atoms with Crippen molar-refractivity contribution in [2.45, 2.75) is 5.54 Å². The molecule has 0 spiro atoms. The van der Waals surface area contributed by atoms with E-state index in [1.54, 1.807) is 18.2 Å². The van der Waals surface area contributed by atoms with Crippen LogP contribution in [0.15, 0.2) is 30.3 Å². The van der Waals surface area contributed by atoms with Crippen LogP contribution in [0.5, 0.6) is 0 Å². The molecule has 4 amide bonds. The van der Waals surface area contributed by atoms with Gasteiger partial charge in [-0.3, -0.25) is 9.59 Å². The largest absolute Gasteiger partial charge is 0.367 e. The van der Waals surface area contributed by atoms with E-state index in [0.29, 0.717) is 5.56 Å². The van der Waals surface area contributed by atoms with Gasteiger partial charge in [-0.2, -0.15) is 5.32 Å². The van der Waals surface area contributed by atoms with Crippen LogP contribution in [0, 0.1) is 0 Å². The Kier molecular flexibility index (Phi) is 2.12. The molecular weight excluding hydrogens is 210 g/mol. The van der Waals surface area contributed by atoms with E-state index in [2.05, 4.69) is 10.6 Å². The van der Waals surface area contributed by atoms with Gasteiger partial charge < -0.3 is 11.1 Å². The van der Waals surface area contributed by atoms with Crippen molar-refractivity contribution >= 4 is 17.8 Å². The molecule has 0 unspecified atom stereocenters. The van der Waals surface area contributed by atoms with Gasteiger partial charge in [0.15, 0.2) is 0 Å². The molecule has 1 radical (unpaired) electrons. The lowest BCUT2D eigenvalue weighted by Gasteiger charge is -2.21. The Morgan fingerprint density at radius 3 is 2.31 bits per heavy atom. The van der Waals surface area contributed by atoms with E-state index in [4.69, 9.17) is 5.73 Å². The predicted octanol–water partition coefficient (Wildman–Crippen LogP) is -0.779. The second-order valence-electron chi connectivity index (χ2n) is 3.33. The summed E-state index contributed by atoms with van der Waals surface area (Å²) in [4.78, 5) is 34.0. The van der Waals surface area contributed by atoms with Crippen molar-refractivity contribution in [3.63, 3.8) is 0 Å². The first-order valence-electron chi connectivity index (χ1n) is 4.51. The van der Waals surface area contributed by atoms with Crippen molar-refractivity contribution in [1.29, 1.82) is 0 Å². The number of nitrogens with zero attached hydrogens (tertiary/aromatic N) is 1. The van der Waals surface area contributed by atoms with Gasteiger partial charge in [0, 0.05) is 0 Å². The molecule has 6 nitrogen and oxygen atoms in total. The zero-order valence-electron chi connectivity index (χ0n) is 8.14. The molecule has 0 aliphatic carbocycles. The molecule has 1 saturated heterocycles. The molecule has 1 heterocycles. The van der Waals surface area contributed by atoms with Gasteiger partial charge in [0.2, 0.25) is 5.54 Å². The summed E-state index contributed by atoms with van der Waals surface area (Å²) in [5.41, 5.74) is 3.64. The maximum Gasteiger partial charge on any atom is 0.345 e. The van der Waals surface area contributed by atoms with Crippen molar-refractivity contribution in [1.82, 2.24) is 10.6 Å². The number of urea groups is 1. The van der Waals surface area contributed by atoms with Crippen molar-refractivity contribution in [3.05, 3.63) is 35.9 Å². The number of nitrogens with two attached hydrogens (primary N) is 1. The van der Waals surface area contributed by atoms with Crippen LogP contribution in [-0.4, -0.2) is 17.8 Å². The third-order valence-corrected chi connectivity index (χ3v) is 2.39. The number of amides is 4. The number of carbonyl (C=O) groups is 3. The Bertz CT molecular complexity index is 471. The fraction of sp³-hybridized carbons (Fsp3) is 0.100. The molecule has 2 rings (SSSR count). The summed E-state index contributed by atoms with van der Waals surface area (Å²) in [6, 6.07) is 7.20. The number of rotatable bonds is 2.